The highest BCUT2D eigenvalue weighted by Crippen LogP contribution is 2.40. The number of para-hydroxylation sites is 1. The maximum absolute atomic E-state index is 14.1. The van der Waals surface area contributed by atoms with Crippen LogP contribution in [0, 0.1) is 0 Å². The summed E-state index contributed by atoms with van der Waals surface area (Å²) in [6, 6.07) is 15.9. The molecule has 0 aliphatic rings. The number of aromatic nitrogens is 2. The molecule has 4 aromatic rings. The Hall–Kier alpha value is -3.35. The maximum atomic E-state index is 14.1. The summed E-state index contributed by atoms with van der Waals surface area (Å²) < 4.78 is 48.2. The second kappa shape index (κ2) is 6.67. The predicted molar refractivity (Wildman–Crippen MR) is 99.5 cm³/mol. The molecular weight excluding hydrogens is 369 g/mol. The monoisotopic (exact) mass is 384 g/mol. The molecule has 1 heterocycles. The van der Waals surface area contributed by atoms with Crippen molar-refractivity contribution in [1.29, 1.82) is 0 Å². The van der Waals surface area contributed by atoms with Gasteiger partial charge in [-0.2, -0.15) is 18.3 Å². The van der Waals surface area contributed by atoms with Crippen LogP contribution in [0.2, 0.25) is 0 Å². The van der Waals surface area contributed by atoms with Crippen LogP contribution in [-0.2, 0) is 10.9 Å². The molecule has 0 saturated carbocycles. The number of hydrogen-bond donors (Lipinski definition) is 0. The Balaban J connectivity index is 2.18. The molecule has 28 heavy (non-hydrogen) atoms. The summed E-state index contributed by atoms with van der Waals surface area (Å²) in [5.74, 6) is -0.661. The van der Waals surface area contributed by atoms with E-state index in [1.165, 1.54) is 6.07 Å². The zero-order chi connectivity index (χ0) is 19.9. The molecule has 0 amide bonds. The number of esters is 1. The molecule has 0 N–H and O–H groups in total. The number of nitrogens with zero attached hydrogens (tertiary/aromatic N) is 2. The molecule has 0 bridgehead atoms. The number of carbonyl (C=O) groups excluding carboxylic acids is 1. The number of benzene rings is 1. The van der Waals surface area contributed by atoms with Gasteiger partial charge in [-0.3, -0.25) is 0 Å². The van der Waals surface area contributed by atoms with Crippen molar-refractivity contribution in [3.8, 4) is 5.69 Å². The summed E-state index contributed by atoms with van der Waals surface area (Å²) in [6.07, 6.45) is -4.68. The standard InChI is InChI=1S/C21H15F3N2O2/c1-2-28-20(27)15-12-16-18-14(15)10-6-7-11-17(18)25-26(19(16)21(22,23)24)13-8-4-3-5-9-13/h3-12H,2H2,1H3. The van der Waals surface area contributed by atoms with Crippen LogP contribution in [-0.4, -0.2) is 22.4 Å². The van der Waals surface area contributed by atoms with E-state index >= 15 is 0 Å². The highest BCUT2D eigenvalue weighted by atomic mass is 19.4. The Labute approximate surface area is 158 Å². The van der Waals surface area contributed by atoms with Gasteiger partial charge in [0.05, 0.1) is 23.4 Å². The molecule has 0 spiro atoms. The van der Waals surface area contributed by atoms with Gasteiger partial charge in [0.25, 0.3) is 0 Å². The van der Waals surface area contributed by atoms with Gasteiger partial charge in [-0.25, -0.2) is 9.48 Å². The Morgan fingerprint density at radius 3 is 2.39 bits per heavy atom. The van der Waals surface area contributed by atoms with Crippen LogP contribution >= 0.6 is 0 Å². The topological polar surface area (TPSA) is 44.1 Å². The van der Waals surface area contributed by atoms with E-state index in [0.717, 1.165) is 4.68 Å². The van der Waals surface area contributed by atoms with Gasteiger partial charge in [0, 0.05) is 10.8 Å². The number of hydrogen-bond acceptors (Lipinski definition) is 3. The lowest BCUT2D eigenvalue weighted by molar-refractivity contribution is -0.142. The first-order chi connectivity index (χ1) is 13.4. The molecule has 0 radical (unpaired) electrons. The third-order valence-electron chi connectivity index (χ3n) is 4.44. The molecule has 4 nitrogen and oxygen atoms in total. The molecule has 1 aromatic heterocycles. The molecule has 142 valence electrons. The highest BCUT2D eigenvalue weighted by Gasteiger charge is 2.38. The van der Waals surface area contributed by atoms with Crippen molar-refractivity contribution in [3.05, 3.63) is 71.9 Å². The van der Waals surface area contributed by atoms with Crippen LogP contribution < -0.4 is 0 Å². The van der Waals surface area contributed by atoms with E-state index < -0.39 is 17.8 Å². The van der Waals surface area contributed by atoms with E-state index in [0.29, 0.717) is 10.9 Å². The van der Waals surface area contributed by atoms with E-state index in [2.05, 4.69) is 5.10 Å². The van der Waals surface area contributed by atoms with Gasteiger partial charge in [0.1, 0.15) is 0 Å². The smallest absolute Gasteiger partial charge is 0.434 e. The fourth-order valence-corrected chi connectivity index (χ4v) is 3.35. The molecule has 0 unspecified atom stereocenters. The molecule has 3 aromatic carbocycles. The Morgan fingerprint density at radius 2 is 1.71 bits per heavy atom. The Morgan fingerprint density at radius 1 is 1.04 bits per heavy atom. The van der Waals surface area contributed by atoms with Crippen molar-refractivity contribution >= 4 is 27.6 Å². The van der Waals surface area contributed by atoms with E-state index in [4.69, 9.17) is 4.74 Å². The second-order valence-electron chi connectivity index (χ2n) is 6.18. The van der Waals surface area contributed by atoms with Crippen molar-refractivity contribution in [2.75, 3.05) is 6.61 Å². The summed E-state index contributed by atoms with van der Waals surface area (Å²) in [6.45, 7) is 1.77. The van der Waals surface area contributed by atoms with Crippen LogP contribution in [0.3, 0.4) is 0 Å². The van der Waals surface area contributed by atoms with E-state index in [1.54, 1.807) is 61.5 Å². The van der Waals surface area contributed by atoms with Crippen molar-refractivity contribution in [1.82, 2.24) is 9.78 Å². The minimum atomic E-state index is -4.68. The van der Waals surface area contributed by atoms with Crippen molar-refractivity contribution < 1.29 is 22.7 Å². The van der Waals surface area contributed by atoms with E-state index in [1.807, 2.05) is 0 Å². The number of rotatable bonds is 3. The fraction of sp³-hybridized carbons (Fsp3) is 0.143. The van der Waals surface area contributed by atoms with Crippen LogP contribution in [0.4, 0.5) is 13.2 Å². The predicted octanol–water partition coefficient (Wildman–Crippen LogP) is 5.37. The lowest BCUT2D eigenvalue weighted by atomic mass is 10.1. The second-order valence-corrected chi connectivity index (χ2v) is 6.18. The van der Waals surface area contributed by atoms with Gasteiger partial charge in [0.15, 0.2) is 5.69 Å². The fourth-order valence-electron chi connectivity index (χ4n) is 3.35. The summed E-state index contributed by atoms with van der Waals surface area (Å²) in [5, 5.41) is 4.84. The van der Waals surface area contributed by atoms with Crippen molar-refractivity contribution in [3.63, 3.8) is 0 Å². The first kappa shape index (κ1) is 18.0. The molecule has 0 atom stereocenters. The zero-order valence-corrected chi connectivity index (χ0v) is 14.8. The summed E-state index contributed by atoms with van der Waals surface area (Å²) in [5.41, 5.74) is -0.212. The van der Waals surface area contributed by atoms with Crippen LogP contribution in [0.25, 0.3) is 27.4 Å². The molecule has 0 saturated heterocycles. The third kappa shape index (κ3) is 2.89. The average molecular weight is 384 g/mol. The SMILES string of the molecule is CCOC(=O)c1cc2c(C(F)(F)F)n(-c3ccccc3)nc3ccccc1c32. The largest absolute Gasteiger partial charge is 0.462 e. The molecule has 0 aliphatic carbocycles. The van der Waals surface area contributed by atoms with Gasteiger partial charge >= 0.3 is 12.1 Å². The minimum Gasteiger partial charge on any atom is -0.462 e. The van der Waals surface area contributed by atoms with Gasteiger partial charge < -0.3 is 4.74 Å². The Bertz CT molecular complexity index is 1180. The first-order valence-electron chi connectivity index (χ1n) is 8.66. The van der Waals surface area contributed by atoms with Crippen LogP contribution in [0.1, 0.15) is 23.0 Å². The molecule has 0 aliphatic heterocycles. The molecular formula is C21H15F3N2O2. The number of alkyl halides is 3. The molecule has 0 fully saturated rings. The van der Waals surface area contributed by atoms with Crippen LogP contribution in [0.5, 0.6) is 0 Å². The van der Waals surface area contributed by atoms with Gasteiger partial charge in [-0.05, 0) is 36.6 Å². The minimum absolute atomic E-state index is 0.0874. The third-order valence-corrected chi connectivity index (χ3v) is 4.44. The summed E-state index contributed by atoms with van der Waals surface area (Å²) in [4.78, 5) is 12.4. The highest BCUT2D eigenvalue weighted by molar-refractivity contribution is 6.19. The zero-order valence-electron chi connectivity index (χ0n) is 14.8. The Kier molecular flexibility index (Phi) is 4.30. The summed E-state index contributed by atoms with van der Waals surface area (Å²) >= 11 is 0. The van der Waals surface area contributed by atoms with Gasteiger partial charge in [0.2, 0.25) is 0 Å². The number of ether oxygens (including phenoxy) is 1. The molecule has 7 heteroatoms. The normalized spacial score (nSPS) is 11.9. The first-order valence-corrected chi connectivity index (χ1v) is 8.66. The number of carbonyl (C=O) groups is 1. The van der Waals surface area contributed by atoms with E-state index in [9.17, 15) is 18.0 Å². The summed E-state index contributed by atoms with van der Waals surface area (Å²) in [7, 11) is 0. The van der Waals surface area contributed by atoms with Crippen LogP contribution in [0.15, 0.2) is 60.7 Å². The lowest BCUT2D eigenvalue weighted by Crippen LogP contribution is -2.18. The van der Waals surface area contributed by atoms with Crippen molar-refractivity contribution in [2.45, 2.75) is 13.1 Å². The quantitative estimate of drug-likeness (QED) is 0.446. The number of halogens is 3. The van der Waals surface area contributed by atoms with Gasteiger partial charge in [-0.15, -0.1) is 0 Å². The van der Waals surface area contributed by atoms with Gasteiger partial charge in [-0.1, -0.05) is 36.4 Å². The van der Waals surface area contributed by atoms with Crippen molar-refractivity contribution in [2.24, 2.45) is 0 Å². The molecule has 4 rings (SSSR count). The maximum Gasteiger partial charge on any atom is 0.434 e. The average Bonchev–Trinajstić information content (AvgIpc) is 2.90. The van der Waals surface area contributed by atoms with E-state index in [-0.39, 0.29) is 28.6 Å². The lowest BCUT2D eigenvalue weighted by Gasteiger charge is -2.17.